The van der Waals surface area contributed by atoms with Crippen molar-refractivity contribution in [1.82, 2.24) is 0 Å². The van der Waals surface area contributed by atoms with E-state index in [9.17, 15) is 0 Å². The fourth-order valence-corrected chi connectivity index (χ4v) is 2.33. The highest BCUT2D eigenvalue weighted by Gasteiger charge is 2.08. The molecule has 0 radical (unpaired) electrons. The predicted molar refractivity (Wildman–Crippen MR) is 74.4 cm³/mol. The normalized spacial score (nSPS) is 12.4. The summed E-state index contributed by atoms with van der Waals surface area (Å²) in [5.41, 5.74) is 4.40. The van der Waals surface area contributed by atoms with Gasteiger partial charge in [0.25, 0.3) is 0 Å². The fourth-order valence-electron chi connectivity index (χ4n) is 2.33. The van der Waals surface area contributed by atoms with Crippen LogP contribution in [0.5, 0.6) is 0 Å². The van der Waals surface area contributed by atoms with E-state index in [0.29, 0.717) is 5.92 Å². The minimum atomic E-state index is 0.587. The molecule has 1 unspecified atom stereocenters. The van der Waals surface area contributed by atoms with Gasteiger partial charge in [-0.2, -0.15) is 0 Å². The lowest BCUT2D eigenvalue weighted by Gasteiger charge is -2.14. The third kappa shape index (κ3) is 2.97. The van der Waals surface area contributed by atoms with E-state index in [4.69, 9.17) is 0 Å². The standard InChI is InChI=1S/C17H20/c1-3-15-9-7-8-12-17(15)13-14(2)16-10-5-4-6-11-16/h4-12,14H,3,13H2,1-2H3. The van der Waals surface area contributed by atoms with Crippen LogP contribution in [0.15, 0.2) is 54.6 Å². The average molecular weight is 224 g/mol. The molecule has 0 heteroatoms. The van der Waals surface area contributed by atoms with Crippen molar-refractivity contribution in [3.8, 4) is 0 Å². The molecule has 2 aromatic rings. The predicted octanol–water partition coefficient (Wildman–Crippen LogP) is 4.60. The second-order valence-electron chi connectivity index (χ2n) is 4.64. The van der Waals surface area contributed by atoms with Gasteiger partial charge < -0.3 is 0 Å². The zero-order valence-corrected chi connectivity index (χ0v) is 10.7. The van der Waals surface area contributed by atoms with Gasteiger partial charge in [0.1, 0.15) is 0 Å². The van der Waals surface area contributed by atoms with Crippen molar-refractivity contribution < 1.29 is 0 Å². The number of hydrogen-bond donors (Lipinski definition) is 0. The summed E-state index contributed by atoms with van der Waals surface area (Å²) < 4.78 is 0. The van der Waals surface area contributed by atoms with Crippen molar-refractivity contribution in [2.45, 2.75) is 32.6 Å². The molecule has 0 N–H and O–H groups in total. The van der Waals surface area contributed by atoms with Gasteiger partial charge in [0.05, 0.1) is 0 Å². The van der Waals surface area contributed by atoms with E-state index < -0.39 is 0 Å². The Hall–Kier alpha value is -1.56. The number of benzene rings is 2. The molecule has 17 heavy (non-hydrogen) atoms. The molecule has 0 amide bonds. The molecule has 0 aliphatic carbocycles. The highest BCUT2D eigenvalue weighted by molar-refractivity contribution is 5.30. The first-order valence-corrected chi connectivity index (χ1v) is 6.43. The Morgan fingerprint density at radius 3 is 2.06 bits per heavy atom. The molecular weight excluding hydrogens is 204 g/mol. The summed E-state index contributed by atoms with van der Waals surface area (Å²) in [4.78, 5) is 0. The molecule has 0 fully saturated rings. The van der Waals surface area contributed by atoms with Crippen LogP contribution in [0.1, 0.15) is 36.5 Å². The Bertz CT molecular complexity index is 456. The summed E-state index contributed by atoms with van der Waals surface area (Å²) in [6.07, 6.45) is 2.26. The van der Waals surface area contributed by atoms with Gasteiger partial charge in [-0.05, 0) is 35.4 Å². The topological polar surface area (TPSA) is 0 Å². The van der Waals surface area contributed by atoms with Crippen LogP contribution in [0.3, 0.4) is 0 Å². The first-order chi connectivity index (χ1) is 8.31. The lowest BCUT2D eigenvalue weighted by molar-refractivity contribution is 0.752. The third-order valence-corrected chi connectivity index (χ3v) is 3.39. The summed E-state index contributed by atoms with van der Waals surface area (Å²) in [6, 6.07) is 19.6. The molecule has 0 saturated heterocycles. The first-order valence-electron chi connectivity index (χ1n) is 6.43. The molecule has 0 aliphatic rings. The van der Waals surface area contributed by atoms with E-state index in [-0.39, 0.29) is 0 Å². The Morgan fingerprint density at radius 1 is 0.824 bits per heavy atom. The van der Waals surface area contributed by atoms with Crippen LogP contribution in [-0.2, 0) is 12.8 Å². The number of rotatable bonds is 4. The van der Waals surface area contributed by atoms with E-state index in [1.54, 1.807) is 0 Å². The van der Waals surface area contributed by atoms with Crippen LogP contribution in [0.2, 0.25) is 0 Å². The highest BCUT2D eigenvalue weighted by atomic mass is 14.1. The zero-order valence-electron chi connectivity index (χ0n) is 10.7. The maximum absolute atomic E-state index is 2.31. The first kappa shape index (κ1) is 11.9. The minimum Gasteiger partial charge on any atom is -0.0622 e. The lowest BCUT2D eigenvalue weighted by Crippen LogP contribution is -2.01. The van der Waals surface area contributed by atoms with Gasteiger partial charge in [0.2, 0.25) is 0 Å². The maximum Gasteiger partial charge on any atom is -0.0150 e. The Balaban J connectivity index is 2.16. The van der Waals surface area contributed by atoms with Gasteiger partial charge in [-0.3, -0.25) is 0 Å². The minimum absolute atomic E-state index is 0.587. The van der Waals surface area contributed by atoms with E-state index in [0.717, 1.165) is 12.8 Å². The van der Waals surface area contributed by atoms with Crippen LogP contribution in [-0.4, -0.2) is 0 Å². The fraction of sp³-hybridized carbons (Fsp3) is 0.294. The van der Waals surface area contributed by atoms with E-state index >= 15 is 0 Å². The van der Waals surface area contributed by atoms with Crippen LogP contribution in [0.4, 0.5) is 0 Å². The molecule has 88 valence electrons. The molecule has 0 spiro atoms. The Kier molecular flexibility index (Phi) is 3.98. The van der Waals surface area contributed by atoms with Gasteiger partial charge in [-0.1, -0.05) is 68.4 Å². The molecular formula is C17H20. The lowest BCUT2D eigenvalue weighted by atomic mass is 9.91. The van der Waals surface area contributed by atoms with Gasteiger partial charge in [-0.15, -0.1) is 0 Å². The van der Waals surface area contributed by atoms with Crippen molar-refractivity contribution in [3.63, 3.8) is 0 Å². The third-order valence-electron chi connectivity index (χ3n) is 3.39. The van der Waals surface area contributed by atoms with Crippen LogP contribution < -0.4 is 0 Å². The molecule has 0 bridgehead atoms. The highest BCUT2D eigenvalue weighted by Crippen LogP contribution is 2.22. The number of aryl methyl sites for hydroxylation is 1. The van der Waals surface area contributed by atoms with Crippen LogP contribution >= 0.6 is 0 Å². The van der Waals surface area contributed by atoms with Gasteiger partial charge >= 0.3 is 0 Å². The average Bonchev–Trinajstić information content (AvgIpc) is 2.40. The van der Waals surface area contributed by atoms with Gasteiger partial charge in [-0.25, -0.2) is 0 Å². The Labute approximate surface area is 104 Å². The van der Waals surface area contributed by atoms with Gasteiger partial charge in [0, 0.05) is 0 Å². The molecule has 0 aromatic heterocycles. The molecule has 2 rings (SSSR count). The number of hydrogen-bond acceptors (Lipinski definition) is 0. The van der Waals surface area contributed by atoms with E-state index in [1.807, 2.05) is 0 Å². The molecule has 0 heterocycles. The van der Waals surface area contributed by atoms with E-state index in [1.165, 1.54) is 16.7 Å². The van der Waals surface area contributed by atoms with Crippen molar-refractivity contribution >= 4 is 0 Å². The molecule has 1 atom stereocenters. The van der Waals surface area contributed by atoms with Crippen molar-refractivity contribution in [2.75, 3.05) is 0 Å². The largest absolute Gasteiger partial charge is 0.0622 e. The quantitative estimate of drug-likeness (QED) is 0.712. The summed E-state index contributed by atoms with van der Waals surface area (Å²) >= 11 is 0. The van der Waals surface area contributed by atoms with Crippen molar-refractivity contribution in [3.05, 3.63) is 71.3 Å². The van der Waals surface area contributed by atoms with Crippen LogP contribution in [0.25, 0.3) is 0 Å². The second-order valence-corrected chi connectivity index (χ2v) is 4.64. The monoisotopic (exact) mass is 224 g/mol. The molecule has 0 nitrogen and oxygen atoms in total. The summed E-state index contributed by atoms with van der Waals surface area (Å²) in [6.45, 7) is 4.54. The smallest absolute Gasteiger partial charge is 0.0150 e. The molecule has 0 aliphatic heterocycles. The molecule has 2 aromatic carbocycles. The van der Waals surface area contributed by atoms with Crippen molar-refractivity contribution in [1.29, 1.82) is 0 Å². The second kappa shape index (κ2) is 5.67. The van der Waals surface area contributed by atoms with Crippen molar-refractivity contribution in [2.24, 2.45) is 0 Å². The molecule has 0 saturated carbocycles. The SMILES string of the molecule is CCc1ccccc1CC(C)c1ccccc1. The van der Waals surface area contributed by atoms with Gasteiger partial charge in [0.15, 0.2) is 0 Å². The summed E-state index contributed by atoms with van der Waals surface area (Å²) in [5, 5.41) is 0. The van der Waals surface area contributed by atoms with E-state index in [2.05, 4.69) is 68.4 Å². The zero-order chi connectivity index (χ0) is 12.1. The Morgan fingerprint density at radius 2 is 1.41 bits per heavy atom. The van der Waals surface area contributed by atoms with Crippen LogP contribution in [0, 0.1) is 0 Å². The summed E-state index contributed by atoms with van der Waals surface area (Å²) in [5.74, 6) is 0.587. The maximum atomic E-state index is 2.31. The summed E-state index contributed by atoms with van der Waals surface area (Å²) in [7, 11) is 0.